The first-order valence-electron chi connectivity index (χ1n) is 20.5. The molecule has 0 saturated heterocycles. The lowest BCUT2D eigenvalue weighted by atomic mass is 9.97. The Balaban J connectivity index is 0.977. The van der Waals surface area contributed by atoms with Crippen LogP contribution in [0.1, 0.15) is 0 Å². The zero-order chi connectivity index (χ0) is 40.1. The SMILES string of the molecule is c1ccc(-c2ccc(N(c3ccc(-c4ccccc4)cc3)c3ccc(-c4ccc(-c5ccccc5N(c5ccccc5)c5cccc6ccccc56)cc4)cc3)cc2)cc1. The molecule has 2 nitrogen and oxygen atoms in total. The molecule has 0 N–H and O–H groups in total. The van der Waals surface area contributed by atoms with Crippen molar-refractivity contribution >= 4 is 44.9 Å². The van der Waals surface area contributed by atoms with Gasteiger partial charge in [-0.25, -0.2) is 0 Å². The number of hydrogen-bond acceptors (Lipinski definition) is 2. The van der Waals surface area contributed by atoms with Crippen LogP contribution in [0, 0.1) is 0 Å². The van der Waals surface area contributed by atoms with Gasteiger partial charge in [-0.05, 0) is 105 Å². The molecule has 0 aromatic heterocycles. The number of fused-ring (bicyclic) bond motifs is 1. The van der Waals surface area contributed by atoms with Gasteiger partial charge < -0.3 is 9.80 Å². The van der Waals surface area contributed by atoms with Crippen molar-refractivity contribution in [2.24, 2.45) is 0 Å². The molecule has 284 valence electrons. The minimum atomic E-state index is 1.10. The lowest BCUT2D eigenvalue weighted by molar-refractivity contribution is 1.28. The first-order valence-corrected chi connectivity index (χ1v) is 20.5. The molecule has 0 atom stereocenters. The average molecular weight is 767 g/mol. The van der Waals surface area contributed by atoms with Crippen LogP contribution < -0.4 is 9.80 Å². The second-order valence-corrected chi connectivity index (χ2v) is 15.0. The monoisotopic (exact) mass is 766 g/mol. The van der Waals surface area contributed by atoms with Crippen molar-refractivity contribution in [3.8, 4) is 44.5 Å². The summed E-state index contributed by atoms with van der Waals surface area (Å²) >= 11 is 0. The normalized spacial score (nSPS) is 11.0. The lowest BCUT2D eigenvalue weighted by Crippen LogP contribution is -2.11. The fraction of sp³-hybridized carbons (Fsp3) is 0. The highest BCUT2D eigenvalue weighted by molar-refractivity contribution is 6.01. The zero-order valence-electron chi connectivity index (χ0n) is 33.1. The first kappa shape index (κ1) is 36.4. The van der Waals surface area contributed by atoms with Crippen molar-refractivity contribution in [3.05, 3.63) is 255 Å². The predicted octanol–water partition coefficient (Wildman–Crippen LogP) is 16.4. The van der Waals surface area contributed by atoms with Gasteiger partial charge in [0.2, 0.25) is 0 Å². The molecule has 60 heavy (non-hydrogen) atoms. The Morgan fingerprint density at radius 3 is 1.08 bits per heavy atom. The van der Waals surface area contributed by atoms with Gasteiger partial charge in [-0.2, -0.15) is 0 Å². The largest absolute Gasteiger partial charge is 0.311 e. The summed E-state index contributed by atoms with van der Waals surface area (Å²) in [5.74, 6) is 0. The molecule has 0 spiro atoms. The van der Waals surface area contributed by atoms with E-state index in [1.165, 1.54) is 49.7 Å². The van der Waals surface area contributed by atoms with Crippen molar-refractivity contribution < 1.29 is 0 Å². The third kappa shape index (κ3) is 7.35. The Kier molecular flexibility index (Phi) is 10.0. The van der Waals surface area contributed by atoms with Crippen molar-refractivity contribution in [1.29, 1.82) is 0 Å². The quantitative estimate of drug-likeness (QED) is 0.137. The molecule has 0 aliphatic heterocycles. The van der Waals surface area contributed by atoms with Crippen molar-refractivity contribution in [2.45, 2.75) is 0 Å². The number of nitrogens with zero attached hydrogens (tertiary/aromatic N) is 2. The molecule has 0 aliphatic carbocycles. The van der Waals surface area contributed by atoms with Crippen LogP contribution in [0.5, 0.6) is 0 Å². The second-order valence-electron chi connectivity index (χ2n) is 15.0. The molecule has 0 heterocycles. The Morgan fingerprint density at radius 2 is 0.550 bits per heavy atom. The van der Waals surface area contributed by atoms with Crippen LogP contribution in [0.25, 0.3) is 55.3 Å². The van der Waals surface area contributed by atoms with E-state index in [-0.39, 0.29) is 0 Å². The third-order valence-electron chi connectivity index (χ3n) is 11.3. The Hall–Kier alpha value is -7.94. The lowest BCUT2D eigenvalue weighted by Gasteiger charge is -2.29. The van der Waals surface area contributed by atoms with Gasteiger partial charge in [0.05, 0.1) is 11.4 Å². The maximum Gasteiger partial charge on any atom is 0.0540 e. The van der Waals surface area contributed by atoms with Crippen LogP contribution in [-0.4, -0.2) is 0 Å². The Bertz CT molecular complexity index is 2890. The Morgan fingerprint density at radius 1 is 0.200 bits per heavy atom. The van der Waals surface area contributed by atoms with Crippen LogP contribution in [0.15, 0.2) is 255 Å². The first-order chi connectivity index (χ1) is 29.8. The highest BCUT2D eigenvalue weighted by Crippen LogP contribution is 2.44. The molecule has 0 saturated carbocycles. The van der Waals surface area contributed by atoms with Crippen LogP contribution >= 0.6 is 0 Å². The zero-order valence-corrected chi connectivity index (χ0v) is 33.1. The van der Waals surface area contributed by atoms with Crippen molar-refractivity contribution in [1.82, 2.24) is 0 Å². The molecule has 10 aromatic rings. The van der Waals surface area contributed by atoms with Gasteiger partial charge in [0.25, 0.3) is 0 Å². The minimum Gasteiger partial charge on any atom is -0.311 e. The molecule has 0 unspecified atom stereocenters. The standard InChI is InChI=1S/C58H42N2/c1-4-15-43(16-5-1)46-31-37-52(38-32-46)59(53-39-33-47(34-40-53)44-17-6-2-7-18-44)54-41-35-48(36-42-54)45-27-29-50(30-28-45)56-24-12-13-25-57(56)60(51-21-8-3-9-22-51)58-26-14-20-49-19-10-11-23-55(49)58/h1-42H. The van der Waals surface area contributed by atoms with E-state index in [0.717, 1.165) is 39.7 Å². The minimum absolute atomic E-state index is 1.10. The van der Waals surface area contributed by atoms with Crippen LogP contribution in [0.2, 0.25) is 0 Å². The topological polar surface area (TPSA) is 6.48 Å². The molecule has 10 aromatic carbocycles. The number of hydrogen-bond donors (Lipinski definition) is 0. The predicted molar refractivity (Wildman–Crippen MR) is 255 cm³/mol. The second kappa shape index (κ2) is 16.5. The van der Waals surface area contributed by atoms with Gasteiger partial charge in [-0.15, -0.1) is 0 Å². The average Bonchev–Trinajstić information content (AvgIpc) is 3.34. The van der Waals surface area contributed by atoms with Gasteiger partial charge in [0, 0.05) is 33.7 Å². The number of rotatable bonds is 10. The number of anilines is 6. The molecule has 0 bridgehead atoms. The van der Waals surface area contributed by atoms with Gasteiger partial charge in [0.1, 0.15) is 0 Å². The molecule has 0 radical (unpaired) electrons. The van der Waals surface area contributed by atoms with Gasteiger partial charge in [-0.1, -0.05) is 194 Å². The summed E-state index contributed by atoms with van der Waals surface area (Å²) in [5, 5.41) is 2.43. The van der Waals surface area contributed by atoms with Crippen molar-refractivity contribution in [2.75, 3.05) is 9.80 Å². The van der Waals surface area contributed by atoms with E-state index in [9.17, 15) is 0 Å². The van der Waals surface area contributed by atoms with E-state index in [1.807, 2.05) is 0 Å². The number of benzene rings is 10. The summed E-state index contributed by atoms with van der Waals surface area (Å²) in [6.07, 6.45) is 0. The van der Waals surface area contributed by atoms with Gasteiger partial charge >= 0.3 is 0 Å². The molecular weight excluding hydrogens is 725 g/mol. The fourth-order valence-electron chi connectivity index (χ4n) is 8.26. The smallest absolute Gasteiger partial charge is 0.0540 e. The van der Waals surface area contributed by atoms with Crippen LogP contribution in [0.3, 0.4) is 0 Å². The molecular formula is C58H42N2. The molecule has 0 amide bonds. The van der Waals surface area contributed by atoms with E-state index in [1.54, 1.807) is 0 Å². The summed E-state index contributed by atoms with van der Waals surface area (Å²) < 4.78 is 0. The van der Waals surface area contributed by atoms with Crippen molar-refractivity contribution in [3.63, 3.8) is 0 Å². The maximum atomic E-state index is 2.39. The molecule has 10 rings (SSSR count). The van der Waals surface area contributed by atoms with E-state index < -0.39 is 0 Å². The third-order valence-corrected chi connectivity index (χ3v) is 11.3. The molecule has 2 heteroatoms. The summed E-state index contributed by atoms with van der Waals surface area (Å²) in [4.78, 5) is 4.72. The summed E-state index contributed by atoms with van der Waals surface area (Å²) in [5.41, 5.74) is 16.2. The molecule has 0 fully saturated rings. The Labute approximate surface area is 352 Å². The molecule has 0 aliphatic rings. The van der Waals surface area contributed by atoms with E-state index >= 15 is 0 Å². The van der Waals surface area contributed by atoms with Gasteiger partial charge in [-0.3, -0.25) is 0 Å². The highest BCUT2D eigenvalue weighted by atomic mass is 15.1. The van der Waals surface area contributed by atoms with Gasteiger partial charge in [0.15, 0.2) is 0 Å². The van der Waals surface area contributed by atoms with Crippen LogP contribution in [0.4, 0.5) is 34.1 Å². The maximum absolute atomic E-state index is 2.39. The number of para-hydroxylation sites is 2. The summed E-state index contributed by atoms with van der Waals surface area (Å²) in [6, 6.07) is 91.3. The van der Waals surface area contributed by atoms with Crippen LogP contribution in [-0.2, 0) is 0 Å². The van der Waals surface area contributed by atoms with E-state index in [2.05, 4.69) is 265 Å². The van der Waals surface area contributed by atoms with E-state index in [4.69, 9.17) is 0 Å². The summed E-state index contributed by atoms with van der Waals surface area (Å²) in [7, 11) is 0. The summed E-state index contributed by atoms with van der Waals surface area (Å²) in [6.45, 7) is 0. The highest BCUT2D eigenvalue weighted by Gasteiger charge is 2.19. The van der Waals surface area contributed by atoms with E-state index in [0.29, 0.717) is 0 Å². The fourth-order valence-corrected chi connectivity index (χ4v) is 8.26.